The van der Waals surface area contributed by atoms with E-state index in [1.807, 2.05) is 12.1 Å². The van der Waals surface area contributed by atoms with E-state index in [4.69, 9.17) is 20.6 Å². The number of methoxy groups -OCH3 is 1. The second-order valence-electron chi connectivity index (χ2n) is 4.36. The van der Waals surface area contributed by atoms with Gasteiger partial charge in [0.2, 0.25) is 0 Å². The average Bonchev–Trinajstić information content (AvgIpc) is 2.36. The lowest BCUT2D eigenvalue weighted by Crippen LogP contribution is -2.13. The van der Waals surface area contributed by atoms with Crippen molar-refractivity contribution < 1.29 is 9.47 Å². The number of nitrogens with one attached hydrogen (secondary N) is 1. The van der Waals surface area contributed by atoms with Crippen LogP contribution in [0, 0.1) is 5.41 Å². The minimum Gasteiger partial charge on any atom is -0.496 e. The number of nitrogen functional groups attached to an aromatic ring is 1. The van der Waals surface area contributed by atoms with Crippen LogP contribution in [0.5, 0.6) is 5.75 Å². The van der Waals surface area contributed by atoms with Crippen LogP contribution in [0.2, 0.25) is 0 Å². The van der Waals surface area contributed by atoms with Gasteiger partial charge in [-0.15, -0.1) is 0 Å². The van der Waals surface area contributed by atoms with Crippen LogP contribution < -0.4 is 10.5 Å². The monoisotopic (exact) mass is 250 g/mol. The second-order valence-corrected chi connectivity index (χ2v) is 4.36. The number of rotatable bonds is 7. The summed E-state index contributed by atoms with van der Waals surface area (Å²) in [5.41, 5.74) is 7.12. The molecule has 4 heteroatoms. The zero-order chi connectivity index (χ0) is 13.5. The molecule has 0 aliphatic rings. The standard InChI is InChI=1S/C14H22N2O2/c1-4-5-10(2)18-9-11-6-7-12(14(15)16)13(8-11)17-3/h6-8,10H,4-5,9H2,1-3H3,(H3,15,16). The van der Waals surface area contributed by atoms with E-state index in [2.05, 4.69) is 13.8 Å². The molecule has 0 aromatic heterocycles. The highest BCUT2D eigenvalue weighted by molar-refractivity contribution is 5.97. The fourth-order valence-electron chi connectivity index (χ4n) is 1.78. The van der Waals surface area contributed by atoms with Crippen molar-refractivity contribution in [2.24, 2.45) is 5.73 Å². The zero-order valence-electron chi connectivity index (χ0n) is 11.3. The Labute approximate surface area is 109 Å². The van der Waals surface area contributed by atoms with E-state index in [0.29, 0.717) is 17.9 Å². The van der Waals surface area contributed by atoms with E-state index in [1.165, 1.54) is 0 Å². The van der Waals surface area contributed by atoms with Crippen LogP contribution >= 0.6 is 0 Å². The normalized spacial score (nSPS) is 12.2. The van der Waals surface area contributed by atoms with Gasteiger partial charge in [-0.1, -0.05) is 19.4 Å². The quantitative estimate of drug-likeness (QED) is 0.577. The molecule has 0 amide bonds. The van der Waals surface area contributed by atoms with Gasteiger partial charge in [-0.25, -0.2) is 0 Å². The Morgan fingerprint density at radius 3 is 2.72 bits per heavy atom. The fraction of sp³-hybridized carbons (Fsp3) is 0.500. The molecule has 0 aliphatic carbocycles. The molecular formula is C14H22N2O2. The Bertz CT molecular complexity index is 405. The maximum atomic E-state index is 7.44. The number of ether oxygens (including phenoxy) is 2. The Morgan fingerprint density at radius 1 is 1.44 bits per heavy atom. The Morgan fingerprint density at radius 2 is 2.17 bits per heavy atom. The minimum absolute atomic E-state index is 0.0127. The molecule has 0 bridgehead atoms. The highest BCUT2D eigenvalue weighted by Crippen LogP contribution is 2.20. The van der Waals surface area contributed by atoms with Crippen LogP contribution in [0.3, 0.4) is 0 Å². The first-order valence-corrected chi connectivity index (χ1v) is 6.21. The van der Waals surface area contributed by atoms with Crippen molar-refractivity contribution in [2.75, 3.05) is 7.11 Å². The SMILES string of the molecule is CCCC(C)OCc1ccc(C(=N)N)c(OC)c1. The largest absolute Gasteiger partial charge is 0.496 e. The molecule has 1 unspecified atom stereocenters. The van der Waals surface area contributed by atoms with Crippen LogP contribution in [0.15, 0.2) is 18.2 Å². The highest BCUT2D eigenvalue weighted by atomic mass is 16.5. The van der Waals surface area contributed by atoms with Crippen molar-refractivity contribution in [3.63, 3.8) is 0 Å². The van der Waals surface area contributed by atoms with Crippen molar-refractivity contribution in [1.82, 2.24) is 0 Å². The Hall–Kier alpha value is -1.55. The van der Waals surface area contributed by atoms with Gasteiger partial charge in [-0.05, 0) is 31.0 Å². The average molecular weight is 250 g/mol. The molecule has 100 valence electrons. The molecule has 0 fully saturated rings. The van der Waals surface area contributed by atoms with E-state index in [9.17, 15) is 0 Å². The van der Waals surface area contributed by atoms with E-state index in [-0.39, 0.29) is 11.9 Å². The number of amidine groups is 1. The fourth-order valence-corrected chi connectivity index (χ4v) is 1.78. The first-order valence-electron chi connectivity index (χ1n) is 6.21. The van der Waals surface area contributed by atoms with Crippen molar-refractivity contribution in [3.05, 3.63) is 29.3 Å². The first kappa shape index (κ1) is 14.5. The summed E-state index contributed by atoms with van der Waals surface area (Å²) in [7, 11) is 1.58. The van der Waals surface area contributed by atoms with Crippen molar-refractivity contribution in [2.45, 2.75) is 39.4 Å². The number of hydrogen-bond acceptors (Lipinski definition) is 3. The van der Waals surface area contributed by atoms with Gasteiger partial charge < -0.3 is 15.2 Å². The highest BCUT2D eigenvalue weighted by Gasteiger charge is 2.08. The summed E-state index contributed by atoms with van der Waals surface area (Å²) in [4.78, 5) is 0. The summed E-state index contributed by atoms with van der Waals surface area (Å²) in [6, 6.07) is 5.58. The molecular weight excluding hydrogens is 228 g/mol. The summed E-state index contributed by atoms with van der Waals surface area (Å²) >= 11 is 0. The van der Waals surface area contributed by atoms with Crippen LogP contribution in [0.4, 0.5) is 0 Å². The lowest BCUT2D eigenvalue weighted by Gasteiger charge is -2.13. The van der Waals surface area contributed by atoms with Crippen molar-refractivity contribution in [3.8, 4) is 5.75 Å². The van der Waals surface area contributed by atoms with Gasteiger partial charge in [0, 0.05) is 0 Å². The zero-order valence-corrected chi connectivity index (χ0v) is 11.3. The molecule has 3 N–H and O–H groups in total. The van der Waals surface area contributed by atoms with Crippen molar-refractivity contribution >= 4 is 5.84 Å². The summed E-state index contributed by atoms with van der Waals surface area (Å²) in [6.07, 6.45) is 2.43. The van der Waals surface area contributed by atoms with E-state index < -0.39 is 0 Å². The molecule has 18 heavy (non-hydrogen) atoms. The summed E-state index contributed by atoms with van der Waals surface area (Å²) in [6.45, 7) is 4.77. The van der Waals surface area contributed by atoms with Crippen molar-refractivity contribution in [1.29, 1.82) is 5.41 Å². The second kappa shape index (κ2) is 7.01. The topological polar surface area (TPSA) is 68.3 Å². The number of hydrogen-bond donors (Lipinski definition) is 2. The van der Waals surface area contributed by atoms with Crippen LogP contribution in [0.25, 0.3) is 0 Å². The third kappa shape index (κ3) is 4.04. The maximum Gasteiger partial charge on any atom is 0.130 e. The molecule has 0 saturated carbocycles. The van der Waals surface area contributed by atoms with E-state index in [1.54, 1.807) is 13.2 Å². The van der Waals surface area contributed by atoms with Crippen LogP contribution in [-0.4, -0.2) is 19.0 Å². The van der Waals surface area contributed by atoms with Crippen LogP contribution in [-0.2, 0) is 11.3 Å². The molecule has 1 atom stereocenters. The molecule has 0 aliphatic heterocycles. The third-order valence-electron chi connectivity index (χ3n) is 2.79. The summed E-state index contributed by atoms with van der Waals surface area (Å²) < 4.78 is 11.0. The number of nitrogens with two attached hydrogens (primary N) is 1. The minimum atomic E-state index is 0.0127. The first-order chi connectivity index (χ1) is 8.58. The molecule has 0 spiro atoms. The third-order valence-corrected chi connectivity index (χ3v) is 2.79. The lowest BCUT2D eigenvalue weighted by molar-refractivity contribution is 0.0471. The van der Waals surface area contributed by atoms with Gasteiger partial charge in [-0.3, -0.25) is 5.41 Å². The maximum absolute atomic E-state index is 7.44. The van der Waals surface area contributed by atoms with Gasteiger partial charge in [0.15, 0.2) is 0 Å². The molecule has 1 rings (SSSR count). The van der Waals surface area contributed by atoms with Gasteiger partial charge in [0.25, 0.3) is 0 Å². The Balaban J connectivity index is 2.71. The molecule has 1 aromatic carbocycles. The molecule has 0 heterocycles. The van der Waals surface area contributed by atoms with Crippen LogP contribution in [0.1, 0.15) is 37.8 Å². The van der Waals surface area contributed by atoms with Gasteiger partial charge >= 0.3 is 0 Å². The summed E-state index contributed by atoms with van der Waals surface area (Å²) in [5, 5.41) is 7.44. The molecule has 4 nitrogen and oxygen atoms in total. The Kier molecular flexibility index (Phi) is 5.65. The van der Waals surface area contributed by atoms with E-state index in [0.717, 1.165) is 18.4 Å². The lowest BCUT2D eigenvalue weighted by atomic mass is 10.1. The van der Waals surface area contributed by atoms with Gasteiger partial charge in [0.05, 0.1) is 25.4 Å². The van der Waals surface area contributed by atoms with Gasteiger partial charge in [0.1, 0.15) is 11.6 Å². The predicted molar refractivity (Wildman–Crippen MR) is 73.2 cm³/mol. The molecule has 0 radical (unpaired) electrons. The smallest absolute Gasteiger partial charge is 0.130 e. The molecule has 0 saturated heterocycles. The number of benzene rings is 1. The summed E-state index contributed by atoms with van der Waals surface area (Å²) in [5.74, 6) is 0.630. The van der Waals surface area contributed by atoms with E-state index >= 15 is 0 Å². The predicted octanol–water partition coefficient (Wildman–Crippen LogP) is 2.68. The molecule has 1 aromatic rings. The van der Waals surface area contributed by atoms with Gasteiger partial charge in [-0.2, -0.15) is 0 Å².